The third-order valence-corrected chi connectivity index (χ3v) is 6.72. The number of anilines is 2. The number of pyridine rings is 1. The van der Waals surface area contributed by atoms with Gasteiger partial charge in [0.15, 0.2) is 24.8 Å². The fourth-order valence-corrected chi connectivity index (χ4v) is 5.14. The van der Waals surface area contributed by atoms with E-state index in [1.54, 1.807) is 36.0 Å². The maximum Gasteiger partial charge on any atom is 0.352 e. The number of hydrogen-bond donors (Lipinski definition) is 4. The van der Waals surface area contributed by atoms with Crippen LogP contribution in [0.2, 0.25) is 0 Å². The highest BCUT2D eigenvalue weighted by atomic mass is 32.2. The first-order valence-corrected chi connectivity index (χ1v) is 12.1. The number of carbonyl (C=O) groups excluding carboxylic acids is 3. The van der Waals surface area contributed by atoms with Crippen molar-refractivity contribution in [3.63, 3.8) is 0 Å². The lowest BCUT2D eigenvalue weighted by atomic mass is 10.0. The number of oxime groups is 1. The summed E-state index contributed by atoms with van der Waals surface area (Å²) in [5.41, 5.74) is 6.32. The van der Waals surface area contributed by atoms with Crippen molar-refractivity contribution < 1.29 is 33.7 Å². The first kappa shape index (κ1) is 25.6. The van der Waals surface area contributed by atoms with Crippen LogP contribution in [0.3, 0.4) is 0 Å². The zero-order valence-corrected chi connectivity index (χ0v) is 20.3. The second-order valence-electron chi connectivity index (χ2n) is 7.81. The van der Waals surface area contributed by atoms with Crippen molar-refractivity contribution >= 4 is 53.2 Å². The fourth-order valence-electron chi connectivity index (χ4n) is 3.81. The largest absolute Gasteiger partial charge is 0.477 e. The van der Waals surface area contributed by atoms with Crippen LogP contribution in [0.4, 0.5) is 11.5 Å². The minimum absolute atomic E-state index is 0.0809. The summed E-state index contributed by atoms with van der Waals surface area (Å²) in [6.45, 7) is 2.04. The maximum atomic E-state index is 13.0. The second kappa shape index (κ2) is 11.0. The number of rotatable bonds is 10. The number of carbonyl (C=O) groups is 4. The highest BCUT2D eigenvalue weighted by molar-refractivity contribution is 8.00. The summed E-state index contributed by atoms with van der Waals surface area (Å²) in [6.07, 6.45) is 5.26. The molecule has 14 nitrogen and oxygen atoms in total. The summed E-state index contributed by atoms with van der Waals surface area (Å²) in [5.74, 6) is -2.26. The molecule has 0 bridgehead atoms. The van der Waals surface area contributed by atoms with E-state index in [1.165, 1.54) is 28.9 Å². The summed E-state index contributed by atoms with van der Waals surface area (Å²) in [4.78, 5) is 63.1. The van der Waals surface area contributed by atoms with Gasteiger partial charge in [-0.1, -0.05) is 5.16 Å². The maximum absolute atomic E-state index is 13.0. The number of nitrogens with two attached hydrogens (primary N) is 1. The van der Waals surface area contributed by atoms with Gasteiger partial charge in [0.2, 0.25) is 12.1 Å². The van der Waals surface area contributed by atoms with Gasteiger partial charge in [-0.25, -0.2) is 14.8 Å². The molecule has 2 aromatic rings. The van der Waals surface area contributed by atoms with Gasteiger partial charge in [-0.05, 0) is 19.1 Å². The van der Waals surface area contributed by atoms with E-state index < -0.39 is 29.2 Å². The van der Waals surface area contributed by atoms with Crippen LogP contribution in [0.1, 0.15) is 12.7 Å². The van der Waals surface area contributed by atoms with Gasteiger partial charge < -0.3 is 26.3 Å². The Bertz CT molecular complexity index is 1320. The number of aliphatic carboxylic acids is 1. The lowest BCUT2D eigenvalue weighted by molar-refractivity contribution is -0.688. The fraction of sp³-hybridized carbons (Fsp3) is 0.273. The smallest absolute Gasteiger partial charge is 0.352 e. The topological polar surface area (TPSA) is 193 Å². The quantitative estimate of drug-likeness (QED) is 0.0988. The Balaban J connectivity index is 1.54. The van der Waals surface area contributed by atoms with Gasteiger partial charge in [-0.15, -0.1) is 11.8 Å². The normalized spacial score (nSPS) is 19.0. The Morgan fingerprint density at radius 2 is 2.24 bits per heavy atom. The van der Waals surface area contributed by atoms with Crippen molar-refractivity contribution in [1.82, 2.24) is 20.2 Å². The van der Waals surface area contributed by atoms with E-state index in [4.69, 9.17) is 10.6 Å². The molecular formula is C22H23N8O6S+. The Kier molecular flexibility index (Phi) is 7.62. The number of thioether (sulfide) groups is 1. The lowest BCUT2D eigenvalue weighted by Crippen LogP contribution is -2.71. The van der Waals surface area contributed by atoms with Gasteiger partial charge in [0.05, 0.1) is 0 Å². The summed E-state index contributed by atoms with van der Waals surface area (Å²) < 4.78 is 1.70. The van der Waals surface area contributed by atoms with E-state index in [-0.39, 0.29) is 36.2 Å². The molecule has 37 heavy (non-hydrogen) atoms. The lowest BCUT2D eigenvalue weighted by Gasteiger charge is -2.49. The molecule has 3 amide bonds. The molecule has 2 atom stereocenters. The van der Waals surface area contributed by atoms with E-state index in [1.807, 2.05) is 0 Å². The summed E-state index contributed by atoms with van der Waals surface area (Å²) in [7, 11) is 0. The monoisotopic (exact) mass is 527 g/mol. The molecule has 5 N–H and O–H groups in total. The van der Waals surface area contributed by atoms with Gasteiger partial charge in [-0.3, -0.25) is 19.3 Å². The van der Waals surface area contributed by atoms with Crippen molar-refractivity contribution in [2.75, 3.05) is 23.4 Å². The second-order valence-corrected chi connectivity index (χ2v) is 8.91. The highest BCUT2D eigenvalue weighted by Crippen LogP contribution is 2.40. The Labute approximate surface area is 214 Å². The molecule has 192 valence electrons. The highest BCUT2D eigenvalue weighted by Gasteiger charge is 2.54. The SMILES string of the molecule is CCON=C(C(=O)NC1C(=O)N2C(C(=O)O)=C(C[n+]3cccc(NC=O)c3)CS[C@@H]12)c1nccc(N)n1. The number of nitrogen functional groups attached to an aromatic ring is 1. The third-order valence-electron chi connectivity index (χ3n) is 5.38. The zero-order valence-electron chi connectivity index (χ0n) is 19.5. The molecule has 0 aliphatic carbocycles. The first-order chi connectivity index (χ1) is 17.8. The van der Waals surface area contributed by atoms with E-state index in [9.17, 15) is 24.3 Å². The van der Waals surface area contributed by atoms with Gasteiger partial charge >= 0.3 is 5.97 Å². The van der Waals surface area contributed by atoms with Crippen LogP contribution >= 0.6 is 11.8 Å². The average Bonchev–Trinajstić information content (AvgIpc) is 2.87. The molecule has 1 unspecified atom stereocenters. The van der Waals surface area contributed by atoms with E-state index >= 15 is 0 Å². The predicted octanol–water partition coefficient (Wildman–Crippen LogP) is -0.906. The summed E-state index contributed by atoms with van der Waals surface area (Å²) in [5, 5.41) is 18.2. The molecule has 0 radical (unpaired) electrons. The minimum atomic E-state index is -1.26. The number of nitrogens with zero attached hydrogens (tertiary/aromatic N) is 5. The number of β-lactam (4-membered cyclic amide) rings is 1. The van der Waals surface area contributed by atoms with Gasteiger partial charge in [0, 0.05) is 23.6 Å². The molecule has 2 aromatic heterocycles. The van der Waals surface area contributed by atoms with Crippen LogP contribution in [0.5, 0.6) is 0 Å². The number of carboxylic acid groups (broad SMARTS) is 1. The molecule has 1 fully saturated rings. The molecule has 0 aromatic carbocycles. The molecule has 2 aliphatic heterocycles. The average molecular weight is 528 g/mol. The zero-order chi connectivity index (χ0) is 26.5. The van der Waals surface area contributed by atoms with E-state index in [0.717, 1.165) is 0 Å². The first-order valence-electron chi connectivity index (χ1n) is 11.0. The molecule has 2 aliphatic rings. The van der Waals surface area contributed by atoms with E-state index in [2.05, 4.69) is 25.8 Å². The molecule has 0 saturated carbocycles. The Morgan fingerprint density at radius 1 is 1.43 bits per heavy atom. The van der Waals surface area contributed by atoms with Crippen molar-refractivity contribution in [1.29, 1.82) is 0 Å². The number of carboxylic acids is 1. The Morgan fingerprint density at radius 3 is 2.95 bits per heavy atom. The predicted molar refractivity (Wildman–Crippen MR) is 131 cm³/mol. The molecule has 4 heterocycles. The minimum Gasteiger partial charge on any atom is -0.477 e. The van der Waals surface area contributed by atoms with Crippen LogP contribution in [-0.4, -0.2) is 73.7 Å². The van der Waals surface area contributed by atoms with Crippen LogP contribution in [0, 0.1) is 0 Å². The Hall–Kier alpha value is -4.53. The van der Waals surface area contributed by atoms with Crippen LogP contribution in [-0.2, 0) is 30.6 Å². The third kappa shape index (κ3) is 5.35. The number of nitrogens with one attached hydrogen (secondary N) is 2. The van der Waals surface area contributed by atoms with Crippen molar-refractivity contribution in [3.8, 4) is 0 Å². The molecule has 15 heteroatoms. The van der Waals surface area contributed by atoms with Crippen LogP contribution in [0.25, 0.3) is 0 Å². The number of amides is 3. The van der Waals surface area contributed by atoms with Crippen molar-refractivity contribution in [3.05, 3.63) is 53.9 Å². The van der Waals surface area contributed by atoms with Crippen molar-refractivity contribution in [2.24, 2.45) is 5.16 Å². The number of aromatic nitrogens is 3. The summed E-state index contributed by atoms with van der Waals surface area (Å²) >= 11 is 1.32. The summed E-state index contributed by atoms with van der Waals surface area (Å²) in [6, 6.07) is 3.84. The molecule has 4 rings (SSSR count). The number of fused-ring (bicyclic) bond motifs is 1. The van der Waals surface area contributed by atoms with Gasteiger partial charge in [-0.2, -0.15) is 4.57 Å². The van der Waals surface area contributed by atoms with Gasteiger partial charge in [0.1, 0.15) is 35.2 Å². The van der Waals surface area contributed by atoms with Crippen LogP contribution in [0.15, 0.2) is 53.2 Å². The van der Waals surface area contributed by atoms with Crippen molar-refractivity contribution in [2.45, 2.75) is 24.9 Å². The molecular weight excluding hydrogens is 504 g/mol. The number of hydrogen-bond acceptors (Lipinski definition) is 10. The van der Waals surface area contributed by atoms with Crippen LogP contribution < -0.4 is 20.9 Å². The standard InChI is InChI=1S/C22H22N8O6S/c1-2-36-28-15(18-24-6-5-14(23)26-18)19(32)27-16-20(33)30-17(22(34)35)12(10-37-21(16)30)8-29-7-3-4-13(9-29)25-11-31/h3-7,9,11,16,21H,2,8,10H2,1H3,(H4-,23,24,25,26,27,31,32,34,35)/p+1/t16?,21-/m0/s1. The molecule has 1 saturated heterocycles. The molecule has 0 spiro atoms. The van der Waals surface area contributed by atoms with Gasteiger partial charge in [0.25, 0.3) is 11.8 Å². The van der Waals surface area contributed by atoms with E-state index in [0.29, 0.717) is 23.4 Å².